The highest BCUT2D eigenvalue weighted by atomic mass is 15.5. The Morgan fingerprint density at radius 2 is 2.11 bits per heavy atom. The average molecular weight is 258 g/mol. The summed E-state index contributed by atoms with van der Waals surface area (Å²) in [4.78, 5) is 4.55. The molecule has 8 heteroatoms. The van der Waals surface area contributed by atoms with Crippen LogP contribution >= 0.6 is 0 Å². The van der Waals surface area contributed by atoms with E-state index in [0.717, 1.165) is 31.3 Å². The Morgan fingerprint density at radius 1 is 1.21 bits per heavy atom. The fourth-order valence-corrected chi connectivity index (χ4v) is 2.59. The van der Waals surface area contributed by atoms with Gasteiger partial charge >= 0.3 is 0 Å². The molecule has 8 nitrogen and oxygen atoms in total. The molecule has 0 aliphatic carbocycles. The van der Waals surface area contributed by atoms with Crippen LogP contribution < -0.4 is 0 Å². The van der Waals surface area contributed by atoms with E-state index in [0.29, 0.717) is 6.17 Å². The second-order valence-corrected chi connectivity index (χ2v) is 4.88. The van der Waals surface area contributed by atoms with Crippen LogP contribution in [-0.2, 0) is 26.7 Å². The van der Waals surface area contributed by atoms with E-state index in [4.69, 9.17) is 0 Å². The number of aromatic nitrogens is 6. The zero-order chi connectivity index (χ0) is 12.8. The molecule has 2 aromatic rings. The quantitative estimate of drug-likeness (QED) is 0.726. The summed E-state index contributed by atoms with van der Waals surface area (Å²) >= 11 is 0. The zero-order valence-corrected chi connectivity index (χ0v) is 10.6. The zero-order valence-electron chi connectivity index (χ0n) is 10.6. The van der Waals surface area contributed by atoms with Gasteiger partial charge in [-0.3, -0.25) is 0 Å². The van der Waals surface area contributed by atoms with Crippen LogP contribution in [0.5, 0.6) is 0 Å². The molecule has 0 N–H and O–H groups in total. The highest BCUT2D eigenvalue weighted by Crippen LogP contribution is 2.25. The lowest BCUT2D eigenvalue weighted by molar-refractivity contribution is 0.0959. The van der Waals surface area contributed by atoms with E-state index in [9.17, 15) is 0 Å². The van der Waals surface area contributed by atoms with Gasteiger partial charge in [0.2, 0.25) is 0 Å². The number of hydrogen-bond donors (Lipinski definition) is 0. The standard InChI is InChI=1S/C11H14N8/c1-16-7-12-14-9(16)4-17-2-3-18-5-10-15-13-8-19(10)6-11(17)18/h2-3,7-8,11H,4-6H2,1H3. The highest BCUT2D eigenvalue weighted by Gasteiger charge is 2.32. The Balaban J connectivity index is 1.57. The summed E-state index contributed by atoms with van der Waals surface area (Å²) in [5.74, 6) is 1.97. The SMILES string of the molecule is Cn1cnnc1CN1C=CN2Cc3nncn3CC12. The Morgan fingerprint density at radius 3 is 2.95 bits per heavy atom. The van der Waals surface area contributed by atoms with Crippen LogP contribution in [0.1, 0.15) is 11.6 Å². The number of rotatable bonds is 2. The molecule has 0 saturated carbocycles. The average Bonchev–Trinajstić information content (AvgIpc) is 3.09. The molecule has 1 unspecified atom stereocenters. The van der Waals surface area contributed by atoms with Crippen LogP contribution in [0.15, 0.2) is 25.1 Å². The fraction of sp³-hybridized carbons (Fsp3) is 0.455. The van der Waals surface area contributed by atoms with E-state index < -0.39 is 0 Å². The largest absolute Gasteiger partial charge is 0.347 e. The van der Waals surface area contributed by atoms with Crippen molar-refractivity contribution in [2.24, 2.45) is 7.05 Å². The van der Waals surface area contributed by atoms with Crippen molar-refractivity contribution in [3.63, 3.8) is 0 Å². The second kappa shape index (κ2) is 3.81. The van der Waals surface area contributed by atoms with Crippen LogP contribution in [0.4, 0.5) is 0 Å². The third kappa shape index (κ3) is 1.60. The molecule has 1 atom stereocenters. The minimum absolute atomic E-state index is 0.306. The first-order valence-electron chi connectivity index (χ1n) is 6.20. The first kappa shape index (κ1) is 10.5. The molecule has 4 heterocycles. The fourth-order valence-electron chi connectivity index (χ4n) is 2.59. The van der Waals surface area contributed by atoms with Crippen LogP contribution in [0.2, 0.25) is 0 Å². The van der Waals surface area contributed by atoms with Crippen molar-refractivity contribution in [1.82, 2.24) is 39.3 Å². The summed E-state index contributed by atoms with van der Waals surface area (Å²) in [6, 6.07) is 0. The highest BCUT2D eigenvalue weighted by molar-refractivity contribution is 5.05. The van der Waals surface area contributed by atoms with Gasteiger partial charge < -0.3 is 18.9 Å². The van der Waals surface area contributed by atoms with Crippen molar-refractivity contribution in [2.75, 3.05) is 0 Å². The summed E-state index contributed by atoms with van der Waals surface area (Å²) in [6.45, 7) is 2.43. The lowest BCUT2D eigenvalue weighted by Crippen LogP contribution is -2.45. The number of aryl methyl sites for hydroxylation is 1. The monoisotopic (exact) mass is 258 g/mol. The van der Waals surface area contributed by atoms with Gasteiger partial charge in [0.15, 0.2) is 11.6 Å². The van der Waals surface area contributed by atoms with E-state index in [1.54, 1.807) is 12.7 Å². The van der Waals surface area contributed by atoms with Gasteiger partial charge in [0.05, 0.1) is 19.6 Å². The van der Waals surface area contributed by atoms with E-state index >= 15 is 0 Å². The van der Waals surface area contributed by atoms with Crippen molar-refractivity contribution in [3.05, 3.63) is 36.7 Å². The van der Waals surface area contributed by atoms with Crippen LogP contribution in [0, 0.1) is 0 Å². The normalized spacial score (nSPS) is 20.8. The minimum atomic E-state index is 0.306. The molecule has 0 bridgehead atoms. The van der Waals surface area contributed by atoms with Crippen LogP contribution in [0.25, 0.3) is 0 Å². The third-order valence-corrected chi connectivity index (χ3v) is 3.72. The maximum atomic E-state index is 4.14. The van der Waals surface area contributed by atoms with Gasteiger partial charge in [-0.1, -0.05) is 0 Å². The summed E-state index contributed by atoms with van der Waals surface area (Å²) in [6.07, 6.45) is 8.05. The Labute approximate surface area is 110 Å². The summed E-state index contributed by atoms with van der Waals surface area (Å²) in [5, 5.41) is 16.1. The predicted octanol–water partition coefficient (Wildman–Crippen LogP) is -0.465. The first-order chi connectivity index (χ1) is 9.31. The van der Waals surface area contributed by atoms with Gasteiger partial charge in [0.1, 0.15) is 18.8 Å². The lowest BCUT2D eigenvalue weighted by Gasteiger charge is -2.35. The first-order valence-corrected chi connectivity index (χ1v) is 6.20. The van der Waals surface area contributed by atoms with Crippen molar-refractivity contribution < 1.29 is 0 Å². The number of hydrogen-bond acceptors (Lipinski definition) is 6. The van der Waals surface area contributed by atoms with Gasteiger partial charge in [-0.2, -0.15) is 0 Å². The summed E-state index contributed by atoms with van der Waals surface area (Å²) in [5.41, 5.74) is 0. The minimum Gasteiger partial charge on any atom is -0.347 e. The smallest absolute Gasteiger partial charge is 0.152 e. The van der Waals surface area contributed by atoms with Crippen molar-refractivity contribution in [3.8, 4) is 0 Å². The molecule has 0 fully saturated rings. The number of nitrogens with zero attached hydrogens (tertiary/aromatic N) is 8. The van der Waals surface area contributed by atoms with Gasteiger partial charge in [-0.15, -0.1) is 20.4 Å². The molecular formula is C11H14N8. The van der Waals surface area contributed by atoms with Crippen molar-refractivity contribution in [2.45, 2.75) is 25.8 Å². The molecule has 0 amide bonds. The Hall–Kier alpha value is -2.38. The molecule has 2 aromatic heterocycles. The maximum absolute atomic E-state index is 4.14. The topological polar surface area (TPSA) is 67.9 Å². The van der Waals surface area contributed by atoms with Crippen molar-refractivity contribution >= 4 is 0 Å². The third-order valence-electron chi connectivity index (χ3n) is 3.72. The van der Waals surface area contributed by atoms with Crippen LogP contribution in [-0.4, -0.2) is 45.5 Å². The van der Waals surface area contributed by atoms with E-state index in [1.165, 1.54) is 0 Å². The van der Waals surface area contributed by atoms with Gasteiger partial charge in [-0.25, -0.2) is 0 Å². The second-order valence-electron chi connectivity index (χ2n) is 4.88. The molecule has 4 rings (SSSR count). The predicted molar refractivity (Wildman–Crippen MR) is 65.0 cm³/mol. The molecule has 0 saturated heterocycles. The Bertz CT molecular complexity index is 626. The summed E-state index contributed by atoms with van der Waals surface area (Å²) < 4.78 is 4.06. The maximum Gasteiger partial charge on any atom is 0.152 e. The van der Waals surface area contributed by atoms with Gasteiger partial charge in [-0.05, 0) is 0 Å². The van der Waals surface area contributed by atoms with E-state index in [2.05, 4.69) is 47.2 Å². The molecule has 0 aromatic carbocycles. The Kier molecular flexibility index (Phi) is 2.11. The molecule has 19 heavy (non-hydrogen) atoms. The van der Waals surface area contributed by atoms with E-state index in [1.807, 2.05) is 11.6 Å². The van der Waals surface area contributed by atoms with Crippen molar-refractivity contribution in [1.29, 1.82) is 0 Å². The lowest BCUT2D eigenvalue weighted by atomic mass is 10.3. The molecule has 98 valence electrons. The number of fused-ring (bicyclic) bond motifs is 2. The van der Waals surface area contributed by atoms with E-state index in [-0.39, 0.29) is 0 Å². The molecule has 2 aliphatic rings. The van der Waals surface area contributed by atoms with Crippen LogP contribution in [0.3, 0.4) is 0 Å². The molecule has 0 spiro atoms. The molecule has 0 radical (unpaired) electrons. The van der Waals surface area contributed by atoms with Gasteiger partial charge in [0, 0.05) is 19.4 Å². The van der Waals surface area contributed by atoms with Gasteiger partial charge in [0.25, 0.3) is 0 Å². The molecule has 2 aliphatic heterocycles. The summed E-state index contributed by atoms with van der Waals surface area (Å²) in [7, 11) is 1.96. The molecular weight excluding hydrogens is 244 g/mol.